The summed E-state index contributed by atoms with van der Waals surface area (Å²) < 4.78 is 0. The van der Waals surface area contributed by atoms with E-state index in [1.165, 1.54) is 0 Å². The number of nitriles is 1. The van der Waals surface area contributed by atoms with Crippen molar-refractivity contribution in [2.45, 2.75) is 6.04 Å². The van der Waals surface area contributed by atoms with E-state index >= 15 is 0 Å². The highest BCUT2D eigenvalue weighted by molar-refractivity contribution is 5.55. The Hall–Kier alpha value is -1.49. The van der Waals surface area contributed by atoms with Crippen molar-refractivity contribution >= 4 is 5.69 Å². The third kappa shape index (κ3) is 1.05. The Morgan fingerprint density at radius 1 is 1.36 bits per heavy atom. The van der Waals surface area contributed by atoms with E-state index in [1.54, 1.807) is 0 Å². The Morgan fingerprint density at radius 3 is 2.64 bits per heavy atom. The molecule has 1 fully saturated rings. The summed E-state index contributed by atoms with van der Waals surface area (Å²) in [6.45, 7) is 0.889. The Labute approximate surface area is 65.7 Å². The van der Waals surface area contributed by atoms with Crippen LogP contribution in [0.15, 0.2) is 30.3 Å². The van der Waals surface area contributed by atoms with E-state index in [0.717, 1.165) is 12.2 Å². The average molecular weight is 144 g/mol. The van der Waals surface area contributed by atoms with Gasteiger partial charge >= 0.3 is 0 Å². The van der Waals surface area contributed by atoms with Crippen LogP contribution in [0.25, 0.3) is 0 Å². The smallest absolute Gasteiger partial charge is 0.134 e. The number of nitrogens with zero attached hydrogens (tertiary/aromatic N) is 2. The van der Waals surface area contributed by atoms with Gasteiger partial charge in [0.15, 0.2) is 0 Å². The summed E-state index contributed by atoms with van der Waals surface area (Å²) in [5.41, 5.74) is 1.15. The topological polar surface area (TPSA) is 26.8 Å². The maximum atomic E-state index is 8.55. The summed E-state index contributed by atoms with van der Waals surface area (Å²) in [5, 5.41) is 8.55. The zero-order valence-corrected chi connectivity index (χ0v) is 6.07. The molecule has 11 heavy (non-hydrogen) atoms. The van der Waals surface area contributed by atoms with Crippen molar-refractivity contribution in [3.8, 4) is 6.07 Å². The van der Waals surface area contributed by atoms with Gasteiger partial charge in [0.25, 0.3) is 0 Å². The third-order valence-corrected chi connectivity index (χ3v) is 1.85. The zero-order valence-electron chi connectivity index (χ0n) is 6.07. The molecular weight excluding hydrogens is 136 g/mol. The highest BCUT2D eigenvalue weighted by atomic mass is 15.3. The van der Waals surface area contributed by atoms with E-state index in [2.05, 4.69) is 11.0 Å². The Morgan fingerprint density at radius 2 is 2.09 bits per heavy atom. The van der Waals surface area contributed by atoms with Crippen LogP contribution < -0.4 is 4.90 Å². The van der Waals surface area contributed by atoms with Crippen LogP contribution in [0.4, 0.5) is 5.69 Å². The van der Waals surface area contributed by atoms with Gasteiger partial charge in [-0.3, -0.25) is 0 Å². The van der Waals surface area contributed by atoms with Crippen molar-refractivity contribution in [2.24, 2.45) is 0 Å². The molecule has 0 N–H and O–H groups in total. The number of hydrogen-bond acceptors (Lipinski definition) is 2. The first-order valence-corrected chi connectivity index (χ1v) is 3.63. The molecule has 2 rings (SSSR count). The number of benzene rings is 1. The molecule has 0 radical (unpaired) electrons. The third-order valence-electron chi connectivity index (χ3n) is 1.85. The molecule has 0 spiro atoms. The first kappa shape index (κ1) is 6.23. The van der Waals surface area contributed by atoms with Gasteiger partial charge < -0.3 is 4.90 Å². The van der Waals surface area contributed by atoms with Gasteiger partial charge in [-0.15, -0.1) is 0 Å². The van der Waals surface area contributed by atoms with Crippen LogP contribution in [0.3, 0.4) is 0 Å². The Bertz CT molecular complexity index is 286. The second-order valence-corrected chi connectivity index (χ2v) is 2.63. The molecule has 0 bridgehead atoms. The van der Waals surface area contributed by atoms with E-state index in [-0.39, 0.29) is 6.04 Å². The van der Waals surface area contributed by atoms with Crippen molar-refractivity contribution in [1.29, 1.82) is 5.26 Å². The minimum atomic E-state index is 0.123. The van der Waals surface area contributed by atoms with Gasteiger partial charge in [0.2, 0.25) is 0 Å². The zero-order chi connectivity index (χ0) is 7.68. The van der Waals surface area contributed by atoms with Crippen LogP contribution in [0.1, 0.15) is 0 Å². The monoisotopic (exact) mass is 144 g/mol. The lowest BCUT2D eigenvalue weighted by atomic mass is 10.3. The molecule has 0 aliphatic carbocycles. The van der Waals surface area contributed by atoms with Gasteiger partial charge in [-0.05, 0) is 12.1 Å². The average Bonchev–Trinajstić information content (AvgIpc) is 2.85. The van der Waals surface area contributed by atoms with E-state index in [1.807, 2.05) is 30.3 Å². The van der Waals surface area contributed by atoms with Crippen molar-refractivity contribution in [3.05, 3.63) is 30.3 Å². The molecule has 1 aromatic carbocycles. The fraction of sp³-hybridized carbons (Fsp3) is 0.222. The fourth-order valence-electron chi connectivity index (χ4n) is 1.15. The van der Waals surface area contributed by atoms with E-state index in [9.17, 15) is 0 Å². The molecule has 2 heteroatoms. The van der Waals surface area contributed by atoms with Gasteiger partial charge in [0, 0.05) is 5.69 Å². The summed E-state index contributed by atoms with van der Waals surface area (Å²) in [5.74, 6) is 0. The molecule has 0 amide bonds. The first-order chi connectivity index (χ1) is 5.42. The molecule has 1 atom stereocenters. The van der Waals surface area contributed by atoms with Gasteiger partial charge in [-0.25, -0.2) is 0 Å². The normalized spacial score (nSPS) is 21.0. The second kappa shape index (κ2) is 2.28. The molecule has 1 heterocycles. The highest BCUT2D eigenvalue weighted by Crippen LogP contribution is 2.26. The summed E-state index contributed by atoms with van der Waals surface area (Å²) in [6.07, 6.45) is 0. The van der Waals surface area contributed by atoms with Crippen LogP contribution >= 0.6 is 0 Å². The van der Waals surface area contributed by atoms with Crippen molar-refractivity contribution in [1.82, 2.24) is 0 Å². The van der Waals surface area contributed by atoms with Gasteiger partial charge in [-0.2, -0.15) is 5.26 Å². The summed E-state index contributed by atoms with van der Waals surface area (Å²) >= 11 is 0. The molecule has 1 aliphatic heterocycles. The minimum Gasteiger partial charge on any atom is -0.351 e. The maximum absolute atomic E-state index is 8.55. The van der Waals surface area contributed by atoms with Crippen LogP contribution in [-0.2, 0) is 0 Å². The van der Waals surface area contributed by atoms with Gasteiger partial charge in [0.05, 0.1) is 12.6 Å². The van der Waals surface area contributed by atoms with Gasteiger partial charge in [0.1, 0.15) is 6.04 Å². The molecule has 2 nitrogen and oxygen atoms in total. The van der Waals surface area contributed by atoms with Gasteiger partial charge in [-0.1, -0.05) is 18.2 Å². The van der Waals surface area contributed by atoms with Crippen LogP contribution in [0.5, 0.6) is 0 Å². The predicted octanol–water partition coefficient (Wildman–Crippen LogP) is 1.40. The second-order valence-electron chi connectivity index (χ2n) is 2.63. The standard InChI is InChI=1S/C9H8N2/c10-6-9-7-11(9)8-4-2-1-3-5-8/h1-5,9H,7H2/t9-,11?/m1/s1. The van der Waals surface area contributed by atoms with E-state index in [0.29, 0.717) is 0 Å². The minimum absolute atomic E-state index is 0.123. The summed E-state index contributed by atoms with van der Waals surface area (Å²) in [6, 6.07) is 12.3. The van der Waals surface area contributed by atoms with Crippen LogP contribution in [0, 0.1) is 11.3 Å². The fourth-order valence-corrected chi connectivity index (χ4v) is 1.15. The Kier molecular flexibility index (Phi) is 1.29. The number of hydrogen-bond donors (Lipinski definition) is 0. The molecule has 1 aromatic rings. The molecule has 1 saturated heterocycles. The van der Waals surface area contributed by atoms with Crippen molar-refractivity contribution < 1.29 is 0 Å². The van der Waals surface area contributed by atoms with E-state index in [4.69, 9.17) is 5.26 Å². The molecule has 0 aromatic heterocycles. The van der Waals surface area contributed by atoms with Crippen molar-refractivity contribution in [2.75, 3.05) is 11.4 Å². The highest BCUT2D eigenvalue weighted by Gasteiger charge is 2.33. The summed E-state index contributed by atoms with van der Waals surface area (Å²) in [7, 11) is 0. The van der Waals surface area contributed by atoms with Crippen molar-refractivity contribution in [3.63, 3.8) is 0 Å². The SMILES string of the molecule is N#C[C@@H]1CN1c1ccccc1. The molecule has 0 saturated carbocycles. The molecule has 54 valence electrons. The molecule has 1 aliphatic rings. The van der Waals surface area contributed by atoms with Crippen LogP contribution in [-0.4, -0.2) is 12.6 Å². The number of anilines is 1. The molecule has 0 unspecified atom stereocenters. The Balaban J connectivity index is 2.16. The summed E-state index contributed by atoms with van der Waals surface area (Å²) in [4.78, 5) is 2.07. The predicted molar refractivity (Wildman–Crippen MR) is 43.2 cm³/mol. The lowest BCUT2D eigenvalue weighted by molar-refractivity contribution is 1.26. The quantitative estimate of drug-likeness (QED) is 0.557. The van der Waals surface area contributed by atoms with E-state index < -0.39 is 0 Å². The maximum Gasteiger partial charge on any atom is 0.134 e. The molecular formula is C9H8N2. The lowest BCUT2D eigenvalue weighted by Crippen LogP contribution is -1.94. The van der Waals surface area contributed by atoms with Crippen LogP contribution in [0.2, 0.25) is 0 Å². The number of rotatable bonds is 1. The lowest BCUT2D eigenvalue weighted by Gasteiger charge is -1.99. The largest absolute Gasteiger partial charge is 0.351 e. The number of para-hydroxylation sites is 1. The first-order valence-electron chi connectivity index (χ1n) is 3.63.